The minimum absolute atomic E-state index is 0.0989. The highest BCUT2D eigenvalue weighted by Crippen LogP contribution is 2.32. The minimum Gasteiger partial charge on any atom is -0.462 e. The van der Waals surface area contributed by atoms with Gasteiger partial charge in [0.15, 0.2) is 5.78 Å². The molecular formula is C14H19NO3S. The molecule has 0 bridgehead atoms. The Hall–Kier alpha value is -1.36. The van der Waals surface area contributed by atoms with Crippen molar-refractivity contribution in [2.45, 2.75) is 39.0 Å². The molecule has 0 aliphatic heterocycles. The zero-order chi connectivity index (χ0) is 13.8. The fourth-order valence-corrected chi connectivity index (χ4v) is 3.39. The molecule has 1 heterocycles. The van der Waals surface area contributed by atoms with Crippen molar-refractivity contribution in [3.8, 4) is 0 Å². The number of rotatable bonds is 4. The maximum Gasteiger partial charge on any atom is 0.341 e. The lowest BCUT2D eigenvalue weighted by molar-refractivity contribution is 0.0528. The summed E-state index contributed by atoms with van der Waals surface area (Å²) in [4.78, 5) is 24.6. The van der Waals surface area contributed by atoms with E-state index < -0.39 is 5.97 Å². The van der Waals surface area contributed by atoms with Gasteiger partial charge in [-0.15, -0.1) is 11.3 Å². The number of hydrogen-bond acceptors (Lipinski definition) is 5. The van der Waals surface area contributed by atoms with Gasteiger partial charge >= 0.3 is 5.97 Å². The number of hydrogen-bond donors (Lipinski definition) is 1. The summed E-state index contributed by atoms with van der Waals surface area (Å²) in [6.07, 6.45) is 5.34. The maximum absolute atomic E-state index is 12.3. The monoisotopic (exact) mass is 281 g/mol. The summed E-state index contributed by atoms with van der Waals surface area (Å²) in [5.41, 5.74) is 6.13. The van der Waals surface area contributed by atoms with Gasteiger partial charge in [-0.2, -0.15) is 0 Å². The smallest absolute Gasteiger partial charge is 0.341 e. The molecule has 0 unspecified atom stereocenters. The Morgan fingerprint density at radius 1 is 1.37 bits per heavy atom. The number of anilines is 1. The summed E-state index contributed by atoms with van der Waals surface area (Å²) in [5, 5.41) is 0.373. The van der Waals surface area contributed by atoms with Crippen LogP contribution in [0.1, 0.15) is 59.1 Å². The second-order valence-electron chi connectivity index (χ2n) is 4.81. The number of nitrogen functional groups attached to an aromatic ring is 1. The third-order valence-electron chi connectivity index (χ3n) is 3.47. The molecular weight excluding hydrogens is 262 g/mol. The molecule has 1 aromatic heterocycles. The molecule has 0 aromatic carbocycles. The van der Waals surface area contributed by atoms with E-state index in [1.165, 1.54) is 17.8 Å². The third kappa shape index (κ3) is 3.15. The molecule has 0 radical (unpaired) electrons. The van der Waals surface area contributed by atoms with Crippen molar-refractivity contribution in [1.82, 2.24) is 0 Å². The Balaban J connectivity index is 2.14. The molecule has 1 fully saturated rings. The van der Waals surface area contributed by atoms with Crippen molar-refractivity contribution >= 4 is 28.1 Å². The van der Waals surface area contributed by atoms with Crippen molar-refractivity contribution in [2.24, 2.45) is 5.92 Å². The number of ether oxygens (including phenoxy) is 1. The zero-order valence-corrected chi connectivity index (χ0v) is 11.9. The van der Waals surface area contributed by atoms with E-state index in [1.807, 2.05) is 0 Å². The number of Topliss-reactive ketones (excluding diaryl/α,β-unsaturated/α-hetero) is 1. The second kappa shape index (κ2) is 6.19. The molecule has 1 saturated carbocycles. The van der Waals surface area contributed by atoms with Gasteiger partial charge in [0, 0.05) is 5.92 Å². The highest BCUT2D eigenvalue weighted by Gasteiger charge is 2.26. The van der Waals surface area contributed by atoms with E-state index in [0.29, 0.717) is 22.0 Å². The van der Waals surface area contributed by atoms with E-state index >= 15 is 0 Å². The van der Waals surface area contributed by atoms with E-state index in [0.717, 1.165) is 25.7 Å². The Bertz CT molecular complexity index is 475. The first-order chi connectivity index (χ1) is 9.13. The van der Waals surface area contributed by atoms with Gasteiger partial charge in [-0.3, -0.25) is 4.79 Å². The first kappa shape index (κ1) is 14.1. The van der Waals surface area contributed by atoms with Crippen LogP contribution in [0.2, 0.25) is 0 Å². The summed E-state index contributed by atoms with van der Waals surface area (Å²) in [7, 11) is 0. The summed E-state index contributed by atoms with van der Waals surface area (Å²) >= 11 is 1.20. The van der Waals surface area contributed by atoms with Gasteiger partial charge in [0.2, 0.25) is 0 Å². The summed E-state index contributed by atoms with van der Waals surface area (Å²) < 4.78 is 4.92. The fourth-order valence-electron chi connectivity index (χ4n) is 2.46. The van der Waals surface area contributed by atoms with Gasteiger partial charge in [0.1, 0.15) is 5.00 Å². The molecule has 0 amide bonds. The quantitative estimate of drug-likeness (QED) is 0.679. The van der Waals surface area contributed by atoms with Gasteiger partial charge in [0.05, 0.1) is 17.0 Å². The van der Waals surface area contributed by atoms with Crippen molar-refractivity contribution in [3.63, 3.8) is 0 Å². The van der Waals surface area contributed by atoms with Crippen molar-refractivity contribution in [3.05, 3.63) is 16.5 Å². The van der Waals surface area contributed by atoms with Crippen LogP contribution in [0.15, 0.2) is 6.07 Å². The molecule has 1 aromatic rings. The summed E-state index contributed by atoms with van der Waals surface area (Å²) in [5.74, 6) is -0.215. The van der Waals surface area contributed by atoms with Crippen LogP contribution in [0.4, 0.5) is 5.00 Å². The van der Waals surface area contributed by atoms with Crippen LogP contribution in [0, 0.1) is 5.92 Å². The van der Waals surface area contributed by atoms with Gasteiger partial charge in [-0.1, -0.05) is 19.3 Å². The molecule has 4 nitrogen and oxygen atoms in total. The molecule has 5 heteroatoms. The standard InChI is InChI=1S/C14H19NO3S/c1-2-18-14(17)10-8-11(19-13(10)15)12(16)9-6-4-3-5-7-9/h8-9H,2-7,15H2,1H3. The first-order valence-corrected chi connectivity index (χ1v) is 7.55. The Kier molecular flexibility index (Phi) is 4.58. The highest BCUT2D eigenvalue weighted by atomic mass is 32.1. The van der Waals surface area contributed by atoms with Crippen molar-refractivity contribution in [2.75, 3.05) is 12.3 Å². The topological polar surface area (TPSA) is 69.4 Å². The molecule has 2 N–H and O–H groups in total. The Morgan fingerprint density at radius 2 is 2.05 bits per heavy atom. The number of carbonyl (C=O) groups excluding carboxylic acids is 2. The lowest BCUT2D eigenvalue weighted by Crippen LogP contribution is -2.16. The van der Waals surface area contributed by atoms with Crippen molar-refractivity contribution < 1.29 is 14.3 Å². The molecule has 104 valence electrons. The van der Waals surface area contributed by atoms with E-state index in [2.05, 4.69) is 0 Å². The van der Waals surface area contributed by atoms with Crippen LogP contribution in [-0.2, 0) is 4.74 Å². The highest BCUT2D eigenvalue weighted by molar-refractivity contribution is 7.18. The van der Waals surface area contributed by atoms with E-state index in [4.69, 9.17) is 10.5 Å². The van der Waals surface area contributed by atoms with Gasteiger partial charge in [-0.05, 0) is 25.8 Å². The second-order valence-corrected chi connectivity index (χ2v) is 5.89. The van der Waals surface area contributed by atoms with Gasteiger partial charge < -0.3 is 10.5 Å². The average Bonchev–Trinajstić information content (AvgIpc) is 2.81. The molecule has 0 atom stereocenters. The van der Waals surface area contributed by atoms with Crippen molar-refractivity contribution in [1.29, 1.82) is 0 Å². The minimum atomic E-state index is -0.445. The number of carbonyl (C=O) groups is 2. The molecule has 0 spiro atoms. The van der Waals surface area contributed by atoms with Crippen LogP contribution < -0.4 is 5.73 Å². The SMILES string of the molecule is CCOC(=O)c1cc(C(=O)C2CCCCC2)sc1N. The third-order valence-corrected chi connectivity index (χ3v) is 4.45. The maximum atomic E-state index is 12.3. The number of ketones is 1. The largest absolute Gasteiger partial charge is 0.462 e. The molecule has 1 aliphatic carbocycles. The van der Waals surface area contributed by atoms with Gasteiger partial charge in [-0.25, -0.2) is 4.79 Å². The number of thiophene rings is 1. The van der Waals surface area contributed by atoms with Crippen LogP contribution in [0.5, 0.6) is 0 Å². The van der Waals surface area contributed by atoms with E-state index in [9.17, 15) is 9.59 Å². The Morgan fingerprint density at radius 3 is 2.68 bits per heavy atom. The van der Waals surface area contributed by atoms with Gasteiger partial charge in [0.25, 0.3) is 0 Å². The number of nitrogens with two attached hydrogens (primary N) is 1. The Labute approximate surface area is 116 Å². The zero-order valence-electron chi connectivity index (χ0n) is 11.1. The van der Waals surface area contributed by atoms with Crippen LogP contribution in [-0.4, -0.2) is 18.4 Å². The average molecular weight is 281 g/mol. The van der Waals surface area contributed by atoms with Crippen LogP contribution in [0.3, 0.4) is 0 Å². The predicted molar refractivity (Wildman–Crippen MR) is 75.6 cm³/mol. The van der Waals surface area contributed by atoms with E-state index in [-0.39, 0.29) is 11.7 Å². The lowest BCUT2D eigenvalue weighted by atomic mass is 9.86. The summed E-state index contributed by atoms with van der Waals surface area (Å²) in [6.45, 7) is 2.05. The van der Waals surface area contributed by atoms with Crippen LogP contribution in [0.25, 0.3) is 0 Å². The molecule has 0 saturated heterocycles. The fraction of sp³-hybridized carbons (Fsp3) is 0.571. The van der Waals surface area contributed by atoms with E-state index in [1.54, 1.807) is 13.0 Å². The number of esters is 1. The molecule has 2 rings (SSSR count). The summed E-state index contributed by atoms with van der Waals surface area (Å²) in [6, 6.07) is 1.59. The van der Waals surface area contributed by atoms with Crippen LogP contribution >= 0.6 is 11.3 Å². The normalized spacial score (nSPS) is 16.3. The first-order valence-electron chi connectivity index (χ1n) is 6.74. The molecule has 1 aliphatic rings. The molecule has 19 heavy (non-hydrogen) atoms. The lowest BCUT2D eigenvalue weighted by Gasteiger charge is -2.19. The predicted octanol–water partition coefficient (Wildman–Crippen LogP) is 3.27.